The van der Waals surface area contributed by atoms with E-state index in [0.717, 1.165) is 5.39 Å². The lowest BCUT2D eigenvalue weighted by Gasteiger charge is -2.10. The second-order valence-corrected chi connectivity index (χ2v) is 5.32. The number of benzene rings is 2. The van der Waals surface area contributed by atoms with Crippen molar-refractivity contribution in [3.63, 3.8) is 0 Å². The smallest absolute Gasteiger partial charge is 0.273 e. The molecule has 0 aliphatic carbocycles. The first kappa shape index (κ1) is 14.9. The minimum Gasteiger partial charge on any atom is -0.497 e. The summed E-state index contributed by atoms with van der Waals surface area (Å²) in [5.74, 6) is 1.55. The molecule has 0 N–H and O–H groups in total. The van der Waals surface area contributed by atoms with Crippen molar-refractivity contribution >= 4 is 27.7 Å². The number of furan rings is 1. The van der Waals surface area contributed by atoms with Crippen LogP contribution < -0.4 is 9.47 Å². The van der Waals surface area contributed by atoms with Crippen LogP contribution in [0.1, 0.15) is 0 Å². The Bertz CT molecular complexity index is 1100. The average Bonchev–Trinajstić information content (AvgIpc) is 3.09. The van der Waals surface area contributed by atoms with Gasteiger partial charge in [-0.15, -0.1) is 0 Å². The molecule has 25 heavy (non-hydrogen) atoms. The summed E-state index contributed by atoms with van der Waals surface area (Å²) >= 11 is 0. The molecule has 2 heterocycles. The molecule has 7 nitrogen and oxygen atoms in total. The van der Waals surface area contributed by atoms with E-state index < -0.39 is 4.92 Å². The summed E-state index contributed by atoms with van der Waals surface area (Å²) in [5, 5.41) is 12.4. The fraction of sp³-hybridized carbons (Fsp3) is 0.0556. The maximum Gasteiger partial charge on any atom is 0.273 e. The van der Waals surface area contributed by atoms with Crippen molar-refractivity contribution in [3.05, 3.63) is 64.9 Å². The maximum atomic E-state index is 11.0. The first-order chi connectivity index (χ1) is 12.2. The van der Waals surface area contributed by atoms with Gasteiger partial charge in [0.2, 0.25) is 5.71 Å². The van der Waals surface area contributed by atoms with Gasteiger partial charge in [0.15, 0.2) is 0 Å². The Balaban J connectivity index is 1.90. The molecule has 0 saturated heterocycles. The SMILES string of the molecule is COc1ccc2c(Oc3cccc([N+](=O)[O-])c3)c3ccoc3nc2c1. The van der Waals surface area contributed by atoms with Gasteiger partial charge in [-0.05, 0) is 24.3 Å². The van der Waals surface area contributed by atoms with Crippen LogP contribution in [-0.4, -0.2) is 17.0 Å². The van der Waals surface area contributed by atoms with Crippen molar-refractivity contribution in [1.82, 2.24) is 4.98 Å². The molecule has 2 aromatic carbocycles. The van der Waals surface area contributed by atoms with Crippen LogP contribution in [0, 0.1) is 10.1 Å². The van der Waals surface area contributed by atoms with E-state index in [2.05, 4.69) is 4.98 Å². The largest absolute Gasteiger partial charge is 0.497 e. The Labute approximate surface area is 141 Å². The third-order valence-electron chi connectivity index (χ3n) is 3.81. The van der Waals surface area contributed by atoms with Gasteiger partial charge in [0.05, 0.1) is 35.3 Å². The van der Waals surface area contributed by atoms with Crippen LogP contribution in [0.3, 0.4) is 0 Å². The molecule has 2 aromatic heterocycles. The fourth-order valence-electron chi connectivity index (χ4n) is 2.63. The first-order valence-electron chi connectivity index (χ1n) is 7.43. The van der Waals surface area contributed by atoms with Gasteiger partial charge in [-0.25, -0.2) is 4.98 Å². The molecular weight excluding hydrogens is 324 g/mol. The van der Waals surface area contributed by atoms with Crippen molar-refractivity contribution in [3.8, 4) is 17.2 Å². The zero-order valence-electron chi connectivity index (χ0n) is 13.1. The number of hydrogen-bond donors (Lipinski definition) is 0. The molecule has 0 atom stereocenters. The normalized spacial score (nSPS) is 10.9. The van der Waals surface area contributed by atoms with E-state index in [4.69, 9.17) is 13.9 Å². The minimum absolute atomic E-state index is 0.0408. The van der Waals surface area contributed by atoms with E-state index in [0.29, 0.717) is 33.9 Å². The van der Waals surface area contributed by atoms with E-state index >= 15 is 0 Å². The predicted molar refractivity (Wildman–Crippen MR) is 91.2 cm³/mol. The van der Waals surface area contributed by atoms with E-state index in [1.54, 1.807) is 37.4 Å². The molecule has 4 rings (SSSR count). The van der Waals surface area contributed by atoms with Gasteiger partial charge in [0.1, 0.15) is 17.2 Å². The second-order valence-electron chi connectivity index (χ2n) is 5.32. The van der Waals surface area contributed by atoms with Gasteiger partial charge in [-0.1, -0.05) is 6.07 Å². The summed E-state index contributed by atoms with van der Waals surface area (Å²) in [6, 6.07) is 13.2. The molecule has 0 radical (unpaired) electrons. The van der Waals surface area contributed by atoms with Crippen molar-refractivity contribution in [2.75, 3.05) is 7.11 Å². The molecule has 0 amide bonds. The zero-order chi connectivity index (χ0) is 17.4. The van der Waals surface area contributed by atoms with Crippen molar-refractivity contribution in [2.24, 2.45) is 0 Å². The molecule has 124 valence electrons. The summed E-state index contributed by atoms with van der Waals surface area (Å²) < 4.78 is 16.6. The molecule has 0 unspecified atom stereocenters. The van der Waals surface area contributed by atoms with Gasteiger partial charge in [0, 0.05) is 17.5 Å². The number of non-ortho nitro benzene ring substituents is 1. The molecular formula is C18H12N2O5. The average molecular weight is 336 g/mol. The van der Waals surface area contributed by atoms with Crippen molar-refractivity contribution < 1.29 is 18.8 Å². The number of nitrogens with zero attached hydrogens (tertiary/aromatic N) is 2. The topological polar surface area (TPSA) is 87.6 Å². The predicted octanol–water partition coefficient (Wildman–Crippen LogP) is 4.69. The number of methoxy groups -OCH3 is 1. The van der Waals surface area contributed by atoms with Gasteiger partial charge < -0.3 is 13.9 Å². The van der Waals surface area contributed by atoms with Crippen LogP contribution in [0.25, 0.3) is 22.0 Å². The van der Waals surface area contributed by atoms with E-state index in [1.807, 2.05) is 6.07 Å². The zero-order valence-corrected chi connectivity index (χ0v) is 13.1. The molecule has 0 spiro atoms. The lowest BCUT2D eigenvalue weighted by atomic mass is 10.1. The van der Waals surface area contributed by atoms with Gasteiger partial charge in [0.25, 0.3) is 5.69 Å². The van der Waals surface area contributed by atoms with E-state index in [1.165, 1.54) is 18.4 Å². The number of rotatable bonds is 4. The third-order valence-corrected chi connectivity index (χ3v) is 3.81. The summed E-state index contributed by atoms with van der Waals surface area (Å²) in [6.07, 6.45) is 1.52. The number of nitro benzene ring substituents is 1. The van der Waals surface area contributed by atoms with Crippen LogP contribution in [-0.2, 0) is 0 Å². The Kier molecular flexibility index (Phi) is 3.46. The number of aromatic nitrogens is 1. The van der Waals surface area contributed by atoms with Gasteiger partial charge >= 0.3 is 0 Å². The molecule has 0 bridgehead atoms. The Morgan fingerprint density at radius 1 is 1.08 bits per heavy atom. The highest BCUT2D eigenvalue weighted by Crippen LogP contribution is 2.38. The van der Waals surface area contributed by atoms with Crippen LogP contribution in [0.4, 0.5) is 5.69 Å². The number of ether oxygens (including phenoxy) is 2. The maximum absolute atomic E-state index is 11.0. The summed E-state index contributed by atoms with van der Waals surface area (Å²) in [6.45, 7) is 0. The lowest BCUT2D eigenvalue weighted by molar-refractivity contribution is -0.384. The number of pyridine rings is 1. The number of fused-ring (bicyclic) bond motifs is 2. The summed E-state index contributed by atoms with van der Waals surface area (Å²) in [5.41, 5.74) is 1.02. The second kappa shape index (κ2) is 5.79. The highest BCUT2D eigenvalue weighted by molar-refractivity contribution is 5.99. The first-order valence-corrected chi connectivity index (χ1v) is 7.43. The Morgan fingerprint density at radius 3 is 2.76 bits per heavy atom. The molecule has 0 aliphatic rings. The lowest BCUT2D eigenvalue weighted by Crippen LogP contribution is -1.92. The molecule has 7 heteroatoms. The summed E-state index contributed by atoms with van der Waals surface area (Å²) in [7, 11) is 1.58. The number of hydrogen-bond acceptors (Lipinski definition) is 6. The van der Waals surface area contributed by atoms with Crippen LogP contribution >= 0.6 is 0 Å². The fourth-order valence-corrected chi connectivity index (χ4v) is 2.63. The quantitative estimate of drug-likeness (QED) is 0.397. The monoisotopic (exact) mass is 336 g/mol. The van der Waals surface area contributed by atoms with E-state index in [-0.39, 0.29) is 5.69 Å². The van der Waals surface area contributed by atoms with E-state index in [9.17, 15) is 10.1 Å². The Morgan fingerprint density at radius 2 is 1.96 bits per heavy atom. The molecule has 0 fully saturated rings. The van der Waals surface area contributed by atoms with Crippen LogP contribution in [0.2, 0.25) is 0 Å². The van der Waals surface area contributed by atoms with Crippen molar-refractivity contribution in [2.45, 2.75) is 0 Å². The summed E-state index contributed by atoms with van der Waals surface area (Å²) in [4.78, 5) is 15.0. The molecule has 4 aromatic rings. The molecule has 0 aliphatic heterocycles. The van der Waals surface area contributed by atoms with Gasteiger partial charge in [-0.3, -0.25) is 10.1 Å². The highest BCUT2D eigenvalue weighted by Gasteiger charge is 2.15. The van der Waals surface area contributed by atoms with Crippen LogP contribution in [0.15, 0.2) is 59.2 Å². The number of nitro groups is 1. The van der Waals surface area contributed by atoms with Gasteiger partial charge in [-0.2, -0.15) is 0 Å². The Hall–Kier alpha value is -3.61. The molecule has 0 saturated carbocycles. The standard InChI is InChI=1S/C18H12N2O5/c1-23-12-5-6-14-16(10-12)19-18-15(7-8-24-18)17(14)25-13-4-2-3-11(9-13)20(21)22/h2-10H,1H3. The van der Waals surface area contributed by atoms with Crippen molar-refractivity contribution in [1.29, 1.82) is 0 Å². The highest BCUT2D eigenvalue weighted by atomic mass is 16.6. The minimum atomic E-state index is -0.462. The third kappa shape index (κ3) is 2.61. The van der Waals surface area contributed by atoms with Crippen LogP contribution in [0.5, 0.6) is 17.2 Å².